The molecule has 1 amide bonds. The fourth-order valence-electron chi connectivity index (χ4n) is 2.83. The molecule has 4 nitrogen and oxygen atoms in total. The van der Waals surface area contributed by atoms with Crippen LogP contribution in [0.25, 0.3) is 22.4 Å². The Labute approximate surface area is 153 Å². The highest BCUT2D eigenvalue weighted by Gasteiger charge is 2.17. The lowest BCUT2D eigenvalue weighted by Gasteiger charge is -2.18. The van der Waals surface area contributed by atoms with Crippen LogP contribution in [-0.2, 0) is 11.3 Å². The van der Waals surface area contributed by atoms with E-state index in [1.54, 1.807) is 4.90 Å². The Bertz CT molecular complexity index is 870. The van der Waals surface area contributed by atoms with E-state index in [-0.39, 0.29) is 12.5 Å². The maximum absolute atomic E-state index is 12.7. The molecular weight excluding hydrogens is 334 g/mol. The van der Waals surface area contributed by atoms with Gasteiger partial charge in [0.15, 0.2) is 0 Å². The number of halogens is 1. The number of nitrogens with zero attached hydrogens (tertiary/aromatic N) is 3. The van der Waals surface area contributed by atoms with E-state index in [9.17, 15) is 4.79 Å². The van der Waals surface area contributed by atoms with Crippen LogP contribution in [0.4, 0.5) is 0 Å². The number of para-hydroxylation sites is 2. The van der Waals surface area contributed by atoms with E-state index in [1.165, 1.54) is 0 Å². The summed E-state index contributed by atoms with van der Waals surface area (Å²) in [6.07, 6.45) is 2.08. The van der Waals surface area contributed by atoms with Gasteiger partial charge in [-0.3, -0.25) is 4.79 Å². The van der Waals surface area contributed by atoms with Crippen molar-refractivity contribution in [1.82, 2.24) is 14.5 Å². The predicted molar refractivity (Wildman–Crippen MR) is 103 cm³/mol. The van der Waals surface area contributed by atoms with Crippen LogP contribution < -0.4 is 0 Å². The Morgan fingerprint density at radius 1 is 1.16 bits per heavy atom. The van der Waals surface area contributed by atoms with Crippen LogP contribution in [0.15, 0.2) is 48.5 Å². The van der Waals surface area contributed by atoms with Crippen molar-refractivity contribution in [2.24, 2.45) is 0 Å². The zero-order valence-electron chi connectivity index (χ0n) is 14.6. The van der Waals surface area contributed by atoms with Crippen LogP contribution >= 0.6 is 11.6 Å². The molecule has 0 atom stereocenters. The van der Waals surface area contributed by atoms with Crippen molar-refractivity contribution in [3.05, 3.63) is 53.6 Å². The van der Waals surface area contributed by atoms with E-state index in [4.69, 9.17) is 16.6 Å². The van der Waals surface area contributed by atoms with E-state index >= 15 is 0 Å². The van der Waals surface area contributed by atoms with E-state index < -0.39 is 0 Å². The Morgan fingerprint density at radius 2 is 1.88 bits per heavy atom. The number of rotatable bonds is 6. The van der Waals surface area contributed by atoms with Crippen molar-refractivity contribution in [1.29, 1.82) is 0 Å². The molecule has 0 saturated carbocycles. The Kier molecular flexibility index (Phi) is 5.39. The molecule has 1 heterocycles. The fourth-order valence-corrected chi connectivity index (χ4v) is 2.96. The Morgan fingerprint density at radius 3 is 2.60 bits per heavy atom. The van der Waals surface area contributed by atoms with Gasteiger partial charge in [0.1, 0.15) is 12.4 Å². The monoisotopic (exact) mass is 355 g/mol. The van der Waals surface area contributed by atoms with Crippen LogP contribution in [-0.4, -0.2) is 34.0 Å². The number of aromatic nitrogens is 2. The second kappa shape index (κ2) is 7.70. The Hall–Kier alpha value is -2.33. The third kappa shape index (κ3) is 3.85. The molecule has 0 aliphatic rings. The standard InChI is InChI=1S/C20H22ClN3O/c1-3-4-13-23(2)19(25)14-24-18-8-6-5-7-17(18)22-20(24)15-9-11-16(21)12-10-15/h5-12H,3-4,13-14H2,1-2H3. The second-order valence-electron chi connectivity index (χ2n) is 6.19. The zero-order chi connectivity index (χ0) is 17.8. The van der Waals surface area contributed by atoms with Gasteiger partial charge in [-0.1, -0.05) is 37.1 Å². The summed E-state index contributed by atoms with van der Waals surface area (Å²) >= 11 is 6.00. The molecule has 0 fully saturated rings. The average molecular weight is 356 g/mol. The first-order valence-electron chi connectivity index (χ1n) is 8.55. The van der Waals surface area contributed by atoms with Gasteiger partial charge in [-0.05, 0) is 42.8 Å². The molecule has 0 aliphatic heterocycles. The summed E-state index contributed by atoms with van der Waals surface area (Å²) in [5, 5.41) is 0.682. The number of hydrogen-bond acceptors (Lipinski definition) is 2. The molecule has 2 aromatic carbocycles. The van der Waals surface area contributed by atoms with Crippen LogP contribution in [0.1, 0.15) is 19.8 Å². The van der Waals surface area contributed by atoms with Gasteiger partial charge in [0.05, 0.1) is 11.0 Å². The number of amides is 1. The van der Waals surface area contributed by atoms with Gasteiger partial charge in [0, 0.05) is 24.2 Å². The summed E-state index contributed by atoms with van der Waals surface area (Å²) in [6, 6.07) is 15.5. The summed E-state index contributed by atoms with van der Waals surface area (Å²) in [5.41, 5.74) is 2.80. The zero-order valence-corrected chi connectivity index (χ0v) is 15.3. The first-order valence-corrected chi connectivity index (χ1v) is 8.93. The van der Waals surface area contributed by atoms with Crippen molar-refractivity contribution < 1.29 is 4.79 Å². The summed E-state index contributed by atoms with van der Waals surface area (Å²) in [5.74, 6) is 0.877. The summed E-state index contributed by atoms with van der Waals surface area (Å²) < 4.78 is 1.99. The van der Waals surface area contributed by atoms with Gasteiger partial charge < -0.3 is 9.47 Å². The molecule has 0 bridgehead atoms. The number of fused-ring (bicyclic) bond motifs is 1. The van der Waals surface area contributed by atoms with E-state index in [0.717, 1.165) is 41.8 Å². The molecule has 0 spiro atoms. The van der Waals surface area contributed by atoms with Crippen LogP contribution in [0.5, 0.6) is 0 Å². The number of imidazole rings is 1. The molecule has 0 N–H and O–H groups in total. The first-order chi connectivity index (χ1) is 12.1. The van der Waals surface area contributed by atoms with Crippen LogP contribution in [0.2, 0.25) is 5.02 Å². The first kappa shape index (κ1) is 17.5. The molecule has 0 unspecified atom stereocenters. The molecule has 130 valence electrons. The minimum atomic E-state index is 0.0896. The lowest BCUT2D eigenvalue weighted by Crippen LogP contribution is -2.31. The largest absolute Gasteiger partial charge is 0.344 e. The molecule has 5 heteroatoms. The SMILES string of the molecule is CCCCN(C)C(=O)Cn1c(-c2ccc(Cl)cc2)nc2ccccc21. The quantitative estimate of drug-likeness (QED) is 0.647. The smallest absolute Gasteiger partial charge is 0.242 e. The normalized spacial score (nSPS) is 11.0. The maximum atomic E-state index is 12.7. The maximum Gasteiger partial charge on any atom is 0.242 e. The lowest BCUT2D eigenvalue weighted by molar-refractivity contribution is -0.130. The lowest BCUT2D eigenvalue weighted by atomic mass is 10.2. The molecule has 1 aromatic heterocycles. The van der Waals surface area contributed by atoms with Gasteiger partial charge in [-0.15, -0.1) is 0 Å². The molecule has 0 aliphatic carbocycles. The van der Waals surface area contributed by atoms with Crippen LogP contribution in [0, 0.1) is 0 Å². The molecule has 0 radical (unpaired) electrons. The second-order valence-corrected chi connectivity index (χ2v) is 6.62. The van der Waals surface area contributed by atoms with Gasteiger partial charge >= 0.3 is 0 Å². The highest BCUT2D eigenvalue weighted by Crippen LogP contribution is 2.26. The molecule has 0 saturated heterocycles. The number of benzene rings is 2. The highest BCUT2D eigenvalue weighted by molar-refractivity contribution is 6.30. The number of hydrogen-bond donors (Lipinski definition) is 0. The summed E-state index contributed by atoms with van der Waals surface area (Å²) in [7, 11) is 1.86. The van der Waals surface area contributed by atoms with Crippen molar-refractivity contribution >= 4 is 28.5 Å². The van der Waals surface area contributed by atoms with Crippen LogP contribution in [0.3, 0.4) is 0 Å². The third-order valence-electron chi connectivity index (χ3n) is 4.32. The number of carbonyl (C=O) groups excluding carboxylic acids is 1. The Balaban J connectivity index is 1.99. The average Bonchev–Trinajstić information content (AvgIpc) is 2.99. The number of likely N-dealkylation sites (N-methyl/N-ethyl adjacent to an activating group) is 1. The molecular formula is C20H22ClN3O. The van der Waals surface area contributed by atoms with E-state index in [0.29, 0.717) is 5.02 Å². The summed E-state index contributed by atoms with van der Waals surface area (Å²) in [4.78, 5) is 19.2. The third-order valence-corrected chi connectivity index (χ3v) is 4.58. The predicted octanol–water partition coefficient (Wildman–Crippen LogP) is 4.62. The minimum absolute atomic E-state index is 0.0896. The van der Waals surface area contributed by atoms with Crippen molar-refractivity contribution in [3.63, 3.8) is 0 Å². The summed E-state index contributed by atoms with van der Waals surface area (Å²) in [6.45, 7) is 3.18. The number of carbonyl (C=O) groups is 1. The molecule has 3 rings (SSSR count). The van der Waals surface area contributed by atoms with Gasteiger partial charge in [0.2, 0.25) is 5.91 Å². The van der Waals surface area contributed by atoms with Crippen molar-refractivity contribution in [2.45, 2.75) is 26.3 Å². The highest BCUT2D eigenvalue weighted by atomic mass is 35.5. The van der Waals surface area contributed by atoms with Gasteiger partial charge in [-0.25, -0.2) is 4.98 Å². The van der Waals surface area contributed by atoms with Crippen molar-refractivity contribution in [2.75, 3.05) is 13.6 Å². The number of unbranched alkanes of at least 4 members (excludes halogenated alkanes) is 1. The molecule has 25 heavy (non-hydrogen) atoms. The fraction of sp³-hybridized carbons (Fsp3) is 0.300. The topological polar surface area (TPSA) is 38.1 Å². The van der Waals surface area contributed by atoms with Crippen molar-refractivity contribution in [3.8, 4) is 11.4 Å². The van der Waals surface area contributed by atoms with E-state index in [2.05, 4.69) is 6.92 Å². The van der Waals surface area contributed by atoms with Gasteiger partial charge in [0.25, 0.3) is 0 Å². The minimum Gasteiger partial charge on any atom is -0.344 e. The van der Waals surface area contributed by atoms with E-state index in [1.807, 2.05) is 60.1 Å². The molecule has 3 aromatic rings. The van der Waals surface area contributed by atoms with Gasteiger partial charge in [-0.2, -0.15) is 0 Å².